The highest BCUT2D eigenvalue weighted by Crippen LogP contribution is 2.22. The number of ketones is 1. The van der Waals surface area contributed by atoms with Gasteiger partial charge >= 0.3 is 0 Å². The van der Waals surface area contributed by atoms with Gasteiger partial charge in [0.15, 0.2) is 5.78 Å². The molecule has 6 heteroatoms. The number of hydrogen-bond donors (Lipinski definition) is 0. The third-order valence-corrected chi connectivity index (χ3v) is 3.80. The first-order chi connectivity index (χ1) is 10.6. The van der Waals surface area contributed by atoms with Crippen LogP contribution in [0, 0.1) is 0 Å². The molecule has 0 aliphatic carbocycles. The minimum Gasteiger partial charge on any atom is -0.391 e. The Kier molecular flexibility index (Phi) is 6.25. The summed E-state index contributed by atoms with van der Waals surface area (Å²) in [6, 6.07) is 11.9. The molecule has 2 aromatic carbocycles. The molecule has 22 heavy (non-hydrogen) atoms. The molecular formula is C16H12Cl3NO2. The lowest BCUT2D eigenvalue weighted by Crippen LogP contribution is -1.99. The van der Waals surface area contributed by atoms with Crippen LogP contribution in [0.4, 0.5) is 0 Å². The van der Waals surface area contributed by atoms with Crippen molar-refractivity contribution in [3.63, 3.8) is 0 Å². The Hall–Kier alpha value is -1.55. The van der Waals surface area contributed by atoms with Crippen molar-refractivity contribution < 1.29 is 9.63 Å². The fraction of sp³-hybridized carbons (Fsp3) is 0.125. The Balaban J connectivity index is 1.79. The van der Waals surface area contributed by atoms with Gasteiger partial charge in [0.1, 0.15) is 6.61 Å². The molecule has 0 saturated heterocycles. The molecule has 2 rings (SSSR count). The first kappa shape index (κ1) is 16.8. The lowest BCUT2D eigenvalue weighted by molar-refractivity contribution is 0.0996. The van der Waals surface area contributed by atoms with Crippen molar-refractivity contribution in [1.29, 1.82) is 0 Å². The van der Waals surface area contributed by atoms with E-state index < -0.39 is 0 Å². The largest absolute Gasteiger partial charge is 0.391 e. The number of carbonyl (C=O) groups is 1. The first-order valence-corrected chi connectivity index (χ1v) is 7.56. The smallest absolute Gasteiger partial charge is 0.168 e. The van der Waals surface area contributed by atoms with Crippen LogP contribution in [0.1, 0.15) is 22.3 Å². The third kappa shape index (κ3) is 5.02. The fourth-order valence-electron chi connectivity index (χ4n) is 1.67. The summed E-state index contributed by atoms with van der Waals surface area (Å²) < 4.78 is 0. The summed E-state index contributed by atoms with van der Waals surface area (Å²) in [5, 5.41) is 5.30. The molecule has 114 valence electrons. The van der Waals surface area contributed by atoms with Crippen LogP contribution in [-0.2, 0) is 11.4 Å². The number of benzene rings is 2. The highest BCUT2D eigenvalue weighted by Gasteiger charge is 2.03. The molecule has 0 radical (unpaired) electrons. The summed E-state index contributed by atoms with van der Waals surface area (Å²) in [7, 11) is 0. The van der Waals surface area contributed by atoms with Gasteiger partial charge in [-0.1, -0.05) is 46.0 Å². The predicted molar refractivity (Wildman–Crippen MR) is 90.1 cm³/mol. The van der Waals surface area contributed by atoms with Gasteiger partial charge in [0, 0.05) is 17.0 Å². The Labute approximate surface area is 143 Å². The number of Topliss-reactive ketones (excluding diaryl/α,β-unsaturated/α-hetero) is 1. The summed E-state index contributed by atoms with van der Waals surface area (Å²) in [6.07, 6.45) is 1.58. The van der Waals surface area contributed by atoms with E-state index in [0.29, 0.717) is 20.6 Å². The molecule has 0 spiro atoms. The van der Waals surface area contributed by atoms with E-state index in [0.717, 1.165) is 5.56 Å². The Morgan fingerprint density at radius 3 is 2.45 bits per heavy atom. The average Bonchev–Trinajstić information content (AvgIpc) is 2.51. The van der Waals surface area contributed by atoms with Crippen LogP contribution >= 0.6 is 34.8 Å². The molecule has 0 aliphatic heterocycles. The van der Waals surface area contributed by atoms with Crippen molar-refractivity contribution in [2.24, 2.45) is 5.16 Å². The summed E-state index contributed by atoms with van der Waals surface area (Å²) in [5.74, 6) is -0.0569. The second-order valence-electron chi connectivity index (χ2n) is 4.44. The zero-order chi connectivity index (χ0) is 15.9. The van der Waals surface area contributed by atoms with E-state index in [9.17, 15) is 4.79 Å². The SMILES string of the molecule is O=C(CC=NOCc1ccc(Cl)c(Cl)c1)c1ccc(Cl)cc1. The van der Waals surface area contributed by atoms with Gasteiger partial charge in [-0.05, 0) is 42.0 Å². The van der Waals surface area contributed by atoms with Crippen molar-refractivity contribution in [2.75, 3.05) is 0 Å². The molecule has 0 atom stereocenters. The zero-order valence-corrected chi connectivity index (χ0v) is 13.7. The Morgan fingerprint density at radius 1 is 1.05 bits per heavy atom. The molecule has 2 aromatic rings. The van der Waals surface area contributed by atoms with Gasteiger partial charge < -0.3 is 4.84 Å². The minimum absolute atomic E-state index is 0.0569. The van der Waals surface area contributed by atoms with Crippen LogP contribution in [0.5, 0.6) is 0 Å². The number of carbonyl (C=O) groups excluding carboxylic acids is 1. The van der Waals surface area contributed by atoms with Crippen molar-refractivity contribution in [3.05, 3.63) is 68.7 Å². The van der Waals surface area contributed by atoms with Crippen LogP contribution in [0.3, 0.4) is 0 Å². The quantitative estimate of drug-likeness (QED) is 0.393. The lowest BCUT2D eigenvalue weighted by Gasteiger charge is -2.02. The van der Waals surface area contributed by atoms with Crippen LogP contribution < -0.4 is 0 Å². The Morgan fingerprint density at radius 2 is 1.77 bits per heavy atom. The molecule has 0 N–H and O–H groups in total. The molecule has 3 nitrogen and oxygen atoms in total. The van der Waals surface area contributed by atoms with E-state index >= 15 is 0 Å². The van der Waals surface area contributed by atoms with Crippen molar-refractivity contribution in [2.45, 2.75) is 13.0 Å². The minimum atomic E-state index is -0.0569. The van der Waals surface area contributed by atoms with Gasteiger partial charge in [0.05, 0.1) is 16.3 Å². The number of hydrogen-bond acceptors (Lipinski definition) is 3. The molecular weight excluding hydrogens is 345 g/mol. The second-order valence-corrected chi connectivity index (χ2v) is 5.69. The molecule has 0 aromatic heterocycles. The van der Waals surface area contributed by atoms with Gasteiger partial charge in [0.25, 0.3) is 0 Å². The first-order valence-electron chi connectivity index (χ1n) is 6.43. The van der Waals surface area contributed by atoms with Gasteiger partial charge in [0.2, 0.25) is 0 Å². The predicted octanol–water partition coefficient (Wildman–Crippen LogP) is 5.42. The maximum atomic E-state index is 11.8. The third-order valence-electron chi connectivity index (χ3n) is 2.81. The summed E-state index contributed by atoms with van der Waals surface area (Å²) in [4.78, 5) is 17.0. The summed E-state index contributed by atoms with van der Waals surface area (Å²) >= 11 is 17.5. The summed E-state index contributed by atoms with van der Waals surface area (Å²) in [5.41, 5.74) is 1.43. The van der Waals surface area contributed by atoms with E-state index in [-0.39, 0.29) is 18.8 Å². The van der Waals surface area contributed by atoms with Crippen molar-refractivity contribution >= 4 is 46.8 Å². The molecule has 0 unspecified atom stereocenters. The number of nitrogens with zero attached hydrogens (tertiary/aromatic N) is 1. The number of rotatable bonds is 6. The molecule has 0 bridgehead atoms. The van der Waals surface area contributed by atoms with Crippen LogP contribution in [0.2, 0.25) is 15.1 Å². The Bertz CT molecular complexity index is 684. The molecule has 0 aliphatic rings. The maximum Gasteiger partial charge on any atom is 0.168 e. The maximum absolute atomic E-state index is 11.8. The van der Waals surface area contributed by atoms with E-state index in [1.165, 1.54) is 6.21 Å². The van der Waals surface area contributed by atoms with E-state index in [2.05, 4.69) is 5.16 Å². The van der Waals surface area contributed by atoms with Gasteiger partial charge in [-0.3, -0.25) is 4.79 Å². The van der Waals surface area contributed by atoms with E-state index in [1.807, 2.05) is 0 Å². The normalized spacial score (nSPS) is 10.9. The molecule has 0 heterocycles. The zero-order valence-electron chi connectivity index (χ0n) is 11.4. The topological polar surface area (TPSA) is 38.7 Å². The van der Waals surface area contributed by atoms with Gasteiger partial charge in [-0.25, -0.2) is 0 Å². The highest BCUT2D eigenvalue weighted by molar-refractivity contribution is 6.42. The van der Waals surface area contributed by atoms with Crippen LogP contribution in [-0.4, -0.2) is 12.0 Å². The summed E-state index contributed by atoms with van der Waals surface area (Å²) in [6.45, 7) is 0.253. The van der Waals surface area contributed by atoms with Crippen molar-refractivity contribution in [3.8, 4) is 0 Å². The molecule has 0 amide bonds. The van der Waals surface area contributed by atoms with E-state index in [1.54, 1.807) is 42.5 Å². The highest BCUT2D eigenvalue weighted by atomic mass is 35.5. The number of halogens is 3. The van der Waals surface area contributed by atoms with E-state index in [4.69, 9.17) is 39.6 Å². The monoisotopic (exact) mass is 355 g/mol. The molecule has 0 fully saturated rings. The van der Waals surface area contributed by atoms with Crippen LogP contribution in [0.25, 0.3) is 0 Å². The van der Waals surface area contributed by atoms with Crippen LogP contribution in [0.15, 0.2) is 47.6 Å². The van der Waals surface area contributed by atoms with Crippen molar-refractivity contribution in [1.82, 2.24) is 0 Å². The van der Waals surface area contributed by atoms with Gasteiger partial charge in [-0.2, -0.15) is 0 Å². The van der Waals surface area contributed by atoms with Gasteiger partial charge in [-0.15, -0.1) is 0 Å². The lowest BCUT2D eigenvalue weighted by atomic mass is 10.1. The number of oxime groups is 1. The fourth-order valence-corrected chi connectivity index (χ4v) is 2.11. The second kappa shape index (κ2) is 8.18. The average molecular weight is 357 g/mol. The molecule has 0 saturated carbocycles. The standard InChI is InChI=1S/C16H12Cl3NO2/c17-13-4-2-12(3-5-13)16(21)7-8-20-22-10-11-1-6-14(18)15(19)9-11/h1-6,8-9H,7,10H2.